The topological polar surface area (TPSA) is 49.1 Å². The zero-order valence-electron chi connectivity index (χ0n) is 19.6. The maximum absolute atomic E-state index is 13.6. The molecule has 1 saturated carbocycles. The second-order valence-electron chi connectivity index (χ2n) is 9.51. The Hall–Kier alpha value is -2.24. The molecule has 3 atom stereocenters. The molecule has 7 heteroatoms. The van der Waals surface area contributed by atoms with Gasteiger partial charge >= 0.3 is 11.7 Å². The smallest absolute Gasteiger partial charge is 0.349 e. The molecule has 3 unspecified atom stereocenters. The molecular weight excluding hydrogens is 457 g/mol. The fraction of sp³-hybridized carbons (Fsp3) is 0.462. The van der Waals surface area contributed by atoms with Crippen molar-refractivity contribution in [3.8, 4) is 17.1 Å². The summed E-state index contributed by atoms with van der Waals surface area (Å²) in [6.45, 7) is 7.01. The van der Waals surface area contributed by atoms with Crippen molar-refractivity contribution in [1.82, 2.24) is 14.3 Å². The Labute approximate surface area is 205 Å². The summed E-state index contributed by atoms with van der Waals surface area (Å²) in [6, 6.07) is 13.9. The van der Waals surface area contributed by atoms with Crippen LogP contribution in [0, 0.1) is 17.8 Å². The zero-order chi connectivity index (χ0) is 23.7. The van der Waals surface area contributed by atoms with Gasteiger partial charge in [0.05, 0.1) is 19.7 Å². The number of halogens is 2. The van der Waals surface area contributed by atoms with Crippen molar-refractivity contribution in [2.45, 2.75) is 52.6 Å². The molecule has 4 rings (SSSR count). The van der Waals surface area contributed by atoms with Crippen LogP contribution in [0.4, 0.5) is 0 Å². The van der Waals surface area contributed by atoms with Crippen molar-refractivity contribution >= 4 is 23.2 Å². The molecular formula is C26H31Cl2N3O2. The Bertz CT molecular complexity index is 1170. The Morgan fingerprint density at radius 2 is 1.79 bits per heavy atom. The Kier molecular flexibility index (Phi) is 7.20. The number of benzene rings is 2. The highest BCUT2D eigenvalue weighted by molar-refractivity contribution is 6.31. The van der Waals surface area contributed by atoms with Gasteiger partial charge in [0.1, 0.15) is 0 Å². The van der Waals surface area contributed by atoms with E-state index in [1.54, 1.807) is 16.4 Å². The average molecular weight is 488 g/mol. The molecule has 5 nitrogen and oxygen atoms in total. The van der Waals surface area contributed by atoms with Crippen molar-refractivity contribution in [2.75, 3.05) is 7.11 Å². The van der Waals surface area contributed by atoms with Gasteiger partial charge in [-0.2, -0.15) is 0 Å². The summed E-state index contributed by atoms with van der Waals surface area (Å²) in [6.07, 6.45) is 3.26. The second-order valence-corrected chi connectivity index (χ2v) is 10.4. The number of aromatic nitrogens is 3. The number of hydrogen-bond donors (Lipinski definition) is 0. The standard InChI is InChI=1S/C26H31Cl2N3O2/c1-16(2)22-11-5-17(3)13-24(22)31-26(32)30(25(29-31)33-4)15-20-14-19(8-12-23(20)28)18-6-9-21(27)10-7-18/h6-10,12,14,16-17,22,24H,5,11,13,15H2,1-4H3. The number of hydrogen-bond acceptors (Lipinski definition) is 3. The molecule has 0 aliphatic heterocycles. The summed E-state index contributed by atoms with van der Waals surface area (Å²) in [5.74, 6) is 1.47. The molecule has 1 aromatic heterocycles. The lowest BCUT2D eigenvalue weighted by Crippen LogP contribution is -2.37. The van der Waals surface area contributed by atoms with Crippen LogP contribution in [0.5, 0.6) is 6.01 Å². The third-order valence-corrected chi connectivity index (χ3v) is 7.51. The summed E-state index contributed by atoms with van der Waals surface area (Å²) >= 11 is 12.6. The number of nitrogens with zero attached hydrogens (tertiary/aromatic N) is 3. The van der Waals surface area contributed by atoms with Crippen LogP contribution in [-0.4, -0.2) is 21.5 Å². The predicted molar refractivity (Wildman–Crippen MR) is 134 cm³/mol. The molecule has 1 fully saturated rings. The second kappa shape index (κ2) is 9.94. The molecule has 0 amide bonds. The van der Waals surface area contributed by atoms with Gasteiger partial charge in [0.25, 0.3) is 0 Å². The Morgan fingerprint density at radius 1 is 1.09 bits per heavy atom. The van der Waals surface area contributed by atoms with Crippen molar-refractivity contribution in [1.29, 1.82) is 0 Å². The quantitative estimate of drug-likeness (QED) is 0.388. The molecule has 0 spiro atoms. The zero-order valence-corrected chi connectivity index (χ0v) is 21.1. The predicted octanol–water partition coefficient (Wildman–Crippen LogP) is 6.71. The summed E-state index contributed by atoms with van der Waals surface area (Å²) < 4.78 is 8.78. The first-order chi connectivity index (χ1) is 15.8. The van der Waals surface area contributed by atoms with Crippen LogP contribution < -0.4 is 10.4 Å². The van der Waals surface area contributed by atoms with E-state index in [1.165, 1.54) is 6.42 Å². The molecule has 33 heavy (non-hydrogen) atoms. The summed E-state index contributed by atoms with van der Waals surface area (Å²) in [4.78, 5) is 13.6. The highest BCUT2D eigenvalue weighted by Crippen LogP contribution is 2.40. The summed E-state index contributed by atoms with van der Waals surface area (Å²) in [5.41, 5.74) is 2.72. The van der Waals surface area contributed by atoms with E-state index in [0.717, 1.165) is 29.5 Å². The maximum Gasteiger partial charge on any atom is 0.349 e. The van der Waals surface area contributed by atoms with Crippen molar-refractivity contribution < 1.29 is 4.74 Å². The largest absolute Gasteiger partial charge is 0.467 e. The fourth-order valence-electron chi connectivity index (χ4n) is 5.02. The molecule has 176 valence electrons. The molecule has 1 aliphatic carbocycles. The maximum atomic E-state index is 13.6. The normalized spacial score (nSPS) is 20.9. The van der Waals surface area contributed by atoms with E-state index in [9.17, 15) is 4.79 Å². The Balaban J connectivity index is 1.71. The molecule has 1 heterocycles. The van der Waals surface area contributed by atoms with Gasteiger partial charge in [-0.1, -0.05) is 68.6 Å². The van der Waals surface area contributed by atoms with Crippen molar-refractivity contribution in [3.63, 3.8) is 0 Å². The average Bonchev–Trinajstić information content (AvgIpc) is 3.10. The van der Waals surface area contributed by atoms with Gasteiger partial charge in [-0.05, 0) is 71.6 Å². The van der Waals surface area contributed by atoms with Gasteiger partial charge in [0.2, 0.25) is 0 Å². The van der Waals surface area contributed by atoms with Crippen LogP contribution in [0.1, 0.15) is 51.6 Å². The minimum atomic E-state index is -0.149. The van der Waals surface area contributed by atoms with Crippen LogP contribution in [0.3, 0.4) is 0 Å². The molecule has 0 radical (unpaired) electrons. The highest BCUT2D eigenvalue weighted by atomic mass is 35.5. The molecule has 0 bridgehead atoms. The van der Waals surface area contributed by atoms with Crippen LogP contribution in [0.15, 0.2) is 47.3 Å². The number of methoxy groups -OCH3 is 1. The summed E-state index contributed by atoms with van der Waals surface area (Å²) in [7, 11) is 1.55. The van der Waals surface area contributed by atoms with Crippen LogP contribution >= 0.6 is 23.2 Å². The molecule has 0 N–H and O–H groups in total. The van der Waals surface area contributed by atoms with E-state index in [0.29, 0.717) is 33.8 Å². The molecule has 0 saturated heterocycles. The summed E-state index contributed by atoms with van der Waals surface area (Å²) in [5, 5.41) is 5.91. The van der Waals surface area contributed by atoms with E-state index in [1.807, 2.05) is 42.5 Å². The van der Waals surface area contributed by atoms with Gasteiger partial charge in [-0.3, -0.25) is 0 Å². The van der Waals surface area contributed by atoms with Crippen LogP contribution in [0.2, 0.25) is 10.0 Å². The third-order valence-electron chi connectivity index (χ3n) is 6.89. The minimum Gasteiger partial charge on any atom is -0.467 e. The van der Waals surface area contributed by atoms with Gasteiger partial charge in [0.15, 0.2) is 0 Å². The molecule has 2 aromatic carbocycles. The van der Waals surface area contributed by atoms with Gasteiger partial charge in [-0.25, -0.2) is 14.0 Å². The fourth-order valence-corrected chi connectivity index (χ4v) is 5.32. The van der Waals surface area contributed by atoms with E-state index in [-0.39, 0.29) is 18.3 Å². The lowest BCUT2D eigenvalue weighted by Gasteiger charge is -2.36. The first kappa shape index (κ1) is 23.9. The number of ether oxygens (including phenoxy) is 1. The van der Waals surface area contributed by atoms with Crippen molar-refractivity contribution in [3.05, 3.63) is 68.6 Å². The van der Waals surface area contributed by atoms with Gasteiger partial charge in [-0.15, -0.1) is 5.10 Å². The van der Waals surface area contributed by atoms with E-state index >= 15 is 0 Å². The lowest BCUT2D eigenvalue weighted by molar-refractivity contribution is 0.135. The molecule has 3 aromatic rings. The van der Waals surface area contributed by atoms with E-state index in [4.69, 9.17) is 27.9 Å². The molecule has 1 aliphatic rings. The SMILES string of the molecule is COc1nn(C2CC(C)CCC2C(C)C)c(=O)n1Cc1cc(-c2ccc(Cl)cc2)ccc1Cl. The number of rotatable bonds is 6. The monoisotopic (exact) mass is 487 g/mol. The van der Waals surface area contributed by atoms with Gasteiger partial charge in [0, 0.05) is 10.0 Å². The lowest BCUT2D eigenvalue weighted by atomic mass is 9.74. The van der Waals surface area contributed by atoms with Gasteiger partial charge < -0.3 is 4.74 Å². The van der Waals surface area contributed by atoms with Crippen LogP contribution in [0.25, 0.3) is 11.1 Å². The van der Waals surface area contributed by atoms with Crippen LogP contribution in [-0.2, 0) is 6.54 Å². The van der Waals surface area contributed by atoms with E-state index in [2.05, 4.69) is 25.9 Å². The first-order valence-electron chi connectivity index (χ1n) is 11.6. The van der Waals surface area contributed by atoms with Crippen molar-refractivity contribution in [2.24, 2.45) is 17.8 Å². The third kappa shape index (κ3) is 4.99. The first-order valence-corrected chi connectivity index (χ1v) is 12.3. The minimum absolute atomic E-state index is 0.0762. The Morgan fingerprint density at radius 3 is 2.45 bits per heavy atom. The van der Waals surface area contributed by atoms with E-state index < -0.39 is 0 Å². The highest BCUT2D eigenvalue weighted by Gasteiger charge is 2.35.